The highest BCUT2D eigenvalue weighted by atomic mass is 32.1. The number of carbonyl (C=O) groups is 2. The monoisotopic (exact) mass is 372 g/mol. The van der Waals surface area contributed by atoms with Crippen LogP contribution in [0.4, 0.5) is 5.69 Å². The molecular weight excluding hydrogens is 356 g/mol. The molecule has 0 aliphatic carbocycles. The number of nitro groups is 1. The molecule has 134 valence electrons. The second kappa shape index (κ2) is 7.44. The highest BCUT2D eigenvalue weighted by Gasteiger charge is 2.41. The van der Waals surface area contributed by atoms with Crippen molar-refractivity contribution in [2.24, 2.45) is 11.0 Å². The van der Waals surface area contributed by atoms with E-state index >= 15 is 0 Å². The average molecular weight is 372 g/mol. The van der Waals surface area contributed by atoms with Crippen LogP contribution in [0.25, 0.3) is 0 Å². The fourth-order valence-electron chi connectivity index (χ4n) is 2.81. The van der Waals surface area contributed by atoms with Gasteiger partial charge in [-0.05, 0) is 12.5 Å². The zero-order valence-corrected chi connectivity index (χ0v) is 14.7. The molecule has 0 bridgehead atoms. The zero-order valence-electron chi connectivity index (χ0n) is 13.8. The van der Waals surface area contributed by atoms with Crippen LogP contribution in [0.2, 0.25) is 0 Å². The Bertz CT molecular complexity index is 878. The van der Waals surface area contributed by atoms with Crippen LogP contribution >= 0.6 is 11.3 Å². The Morgan fingerprint density at radius 1 is 1.38 bits per heavy atom. The predicted octanol–water partition coefficient (Wildman–Crippen LogP) is 2.03. The zero-order chi connectivity index (χ0) is 18.7. The number of nitrogens with zero attached hydrogens (tertiary/aromatic N) is 2. The molecule has 2 aromatic rings. The summed E-state index contributed by atoms with van der Waals surface area (Å²) in [5.41, 5.74) is 3.73. The molecule has 1 fully saturated rings. The van der Waals surface area contributed by atoms with Gasteiger partial charge in [-0.1, -0.05) is 30.3 Å². The third-order valence-electron chi connectivity index (χ3n) is 4.18. The molecular formula is C17H16N4O4S. The Morgan fingerprint density at radius 3 is 2.77 bits per heavy atom. The van der Waals surface area contributed by atoms with Gasteiger partial charge in [0.1, 0.15) is 5.92 Å². The SMILES string of the molecule is C/C(=N/NC(=O)[C@@H]1C(=O)NC[C@H]1c1ccccc1)c1cc([N+](=O)[O-])cs1. The minimum Gasteiger partial charge on any atom is -0.355 e. The van der Waals surface area contributed by atoms with Gasteiger partial charge < -0.3 is 5.32 Å². The maximum atomic E-state index is 12.5. The molecule has 1 aromatic carbocycles. The number of nitrogens with one attached hydrogen (secondary N) is 2. The Kier molecular flexibility index (Phi) is 5.08. The van der Waals surface area contributed by atoms with Gasteiger partial charge in [-0.2, -0.15) is 5.10 Å². The second-order valence-electron chi connectivity index (χ2n) is 5.84. The summed E-state index contributed by atoms with van der Waals surface area (Å²) >= 11 is 1.16. The lowest BCUT2D eigenvalue weighted by atomic mass is 9.88. The van der Waals surface area contributed by atoms with Gasteiger partial charge in [0, 0.05) is 18.5 Å². The van der Waals surface area contributed by atoms with Crippen molar-refractivity contribution in [2.75, 3.05) is 6.54 Å². The molecule has 8 nitrogen and oxygen atoms in total. The molecule has 3 rings (SSSR count). The van der Waals surface area contributed by atoms with Crippen LogP contribution in [0.1, 0.15) is 23.3 Å². The number of hydrogen-bond acceptors (Lipinski definition) is 6. The number of carbonyl (C=O) groups excluding carboxylic acids is 2. The molecule has 1 aliphatic rings. The smallest absolute Gasteiger partial charge is 0.280 e. The van der Waals surface area contributed by atoms with Gasteiger partial charge >= 0.3 is 0 Å². The van der Waals surface area contributed by atoms with Crippen molar-refractivity contribution in [2.45, 2.75) is 12.8 Å². The lowest BCUT2D eigenvalue weighted by Crippen LogP contribution is -2.35. The maximum absolute atomic E-state index is 12.5. The van der Waals surface area contributed by atoms with Gasteiger partial charge in [0.2, 0.25) is 5.91 Å². The molecule has 0 saturated carbocycles. The van der Waals surface area contributed by atoms with Crippen LogP contribution in [0.5, 0.6) is 0 Å². The minimum atomic E-state index is -0.869. The number of benzene rings is 1. The van der Waals surface area contributed by atoms with E-state index in [-0.39, 0.29) is 17.5 Å². The lowest BCUT2D eigenvalue weighted by Gasteiger charge is -2.15. The van der Waals surface area contributed by atoms with Crippen molar-refractivity contribution in [3.63, 3.8) is 0 Å². The molecule has 26 heavy (non-hydrogen) atoms. The van der Waals surface area contributed by atoms with Crippen LogP contribution in [-0.2, 0) is 9.59 Å². The topological polar surface area (TPSA) is 114 Å². The molecule has 9 heteroatoms. The molecule has 2 amide bonds. The van der Waals surface area contributed by atoms with E-state index in [1.807, 2.05) is 30.3 Å². The summed E-state index contributed by atoms with van der Waals surface area (Å²) in [7, 11) is 0. The quantitative estimate of drug-likeness (QED) is 0.362. The van der Waals surface area contributed by atoms with E-state index in [0.29, 0.717) is 17.1 Å². The van der Waals surface area contributed by atoms with Gasteiger partial charge in [-0.25, -0.2) is 5.43 Å². The maximum Gasteiger partial charge on any atom is 0.280 e. The molecule has 2 heterocycles. The van der Waals surface area contributed by atoms with Crippen molar-refractivity contribution in [3.8, 4) is 0 Å². The largest absolute Gasteiger partial charge is 0.355 e. The fourth-order valence-corrected chi connectivity index (χ4v) is 3.62. The van der Waals surface area contributed by atoms with Gasteiger partial charge in [0.05, 0.1) is 20.9 Å². The van der Waals surface area contributed by atoms with Gasteiger partial charge in [-0.15, -0.1) is 11.3 Å². The summed E-state index contributed by atoms with van der Waals surface area (Å²) in [6.07, 6.45) is 0. The van der Waals surface area contributed by atoms with Crippen LogP contribution < -0.4 is 10.7 Å². The summed E-state index contributed by atoms with van der Waals surface area (Å²) in [6, 6.07) is 10.7. The summed E-state index contributed by atoms with van der Waals surface area (Å²) in [6.45, 7) is 2.03. The summed E-state index contributed by atoms with van der Waals surface area (Å²) in [5, 5.41) is 18.9. The van der Waals surface area contributed by atoms with E-state index in [4.69, 9.17) is 0 Å². The van der Waals surface area contributed by atoms with Crippen LogP contribution in [0.15, 0.2) is 46.9 Å². The standard InChI is InChI=1S/C17H16N4O4S/c1-10(14-7-12(9-26-14)21(24)25)19-20-17(23)15-13(8-18-16(15)22)11-5-3-2-4-6-11/h2-7,9,13,15H,8H2,1H3,(H,18,22)(H,20,23)/b19-10-/t13-,15-/m0/s1. The molecule has 1 aromatic heterocycles. The Morgan fingerprint density at radius 2 is 2.12 bits per heavy atom. The molecule has 2 N–H and O–H groups in total. The van der Waals surface area contributed by atoms with Gasteiger partial charge in [-0.3, -0.25) is 19.7 Å². The number of amides is 2. The van der Waals surface area contributed by atoms with Crippen molar-refractivity contribution in [3.05, 3.63) is 62.3 Å². The first kappa shape index (κ1) is 17.7. The normalized spacial score (nSPS) is 19.9. The van der Waals surface area contributed by atoms with Crippen molar-refractivity contribution in [1.82, 2.24) is 10.7 Å². The molecule has 0 spiro atoms. The highest BCUT2D eigenvalue weighted by Crippen LogP contribution is 2.29. The molecule has 1 saturated heterocycles. The molecule has 0 unspecified atom stereocenters. The first-order valence-electron chi connectivity index (χ1n) is 7.87. The lowest BCUT2D eigenvalue weighted by molar-refractivity contribution is -0.384. The first-order valence-corrected chi connectivity index (χ1v) is 8.75. The summed E-state index contributed by atoms with van der Waals surface area (Å²) < 4.78 is 0. The Labute approximate surface area is 153 Å². The number of rotatable bonds is 5. The highest BCUT2D eigenvalue weighted by molar-refractivity contribution is 7.12. The van der Waals surface area contributed by atoms with Crippen molar-refractivity contribution < 1.29 is 14.5 Å². The molecule has 2 atom stereocenters. The van der Waals surface area contributed by atoms with E-state index in [9.17, 15) is 19.7 Å². The van der Waals surface area contributed by atoms with Gasteiger partial charge in [0.25, 0.3) is 11.6 Å². The van der Waals surface area contributed by atoms with Crippen molar-refractivity contribution >= 4 is 34.6 Å². The minimum absolute atomic E-state index is 0.0230. The third kappa shape index (κ3) is 3.62. The van der Waals surface area contributed by atoms with Crippen LogP contribution in [-0.4, -0.2) is 29.0 Å². The van der Waals surface area contributed by atoms with Crippen LogP contribution in [0.3, 0.4) is 0 Å². The van der Waals surface area contributed by atoms with E-state index in [0.717, 1.165) is 16.9 Å². The summed E-state index contributed by atoms with van der Waals surface area (Å²) in [5.74, 6) is -1.97. The average Bonchev–Trinajstić information content (AvgIpc) is 3.27. The predicted molar refractivity (Wildman–Crippen MR) is 97.0 cm³/mol. The number of hydrazone groups is 1. The van der Waals surface area contributed by atoms with Gasteiger partial charge in [0.15, 0.2) is 0 Å². The second-order valence-corrected chi connectivity index (χ2v) is 6.75. The fraction of sp³-hybridized carbons (Fsp3) is 0.235. The van der Waals surface area contributed by atoms with E-state index in [1.165, 1.54) is 11.4 Å². The Hall–Kier alpha value is -3.07. The van der Waals surface area contributed by atoms with E-state index in [1.54, 1.807) is 6.92 Å². The molecule has 1 aliphatic heterocycles. The number of thiophene rings is 1. The summed E-state index contributed by atoms with van der Waals surface area (Å²) in [4.78, 5) is 35.4. The van der Waals surface area contributed by atoms with Crippen molar-refractivity contribution in [1.29, 1.82) is 0 Å². The van der Waals surface area contributed by atoms with Crippen LogP contribution in [0, 0.1) is 16.0 Å². The number of hydrogen-bond donors (Lipinski definition) is 2. The van der Waals surface area contributed by atoms with E-state index in [2.05, 4.69) is 15.8 Å². The van der Waals surface area contributed by atoms with E-state index < -0.39 is 16.7 Å². The molecule has 0 radical (unpaired) electrons. The third-order valence-corrected chi connectivity index (χ3v) is 5.20. The Balaban J connectivity index is 1.73. The first-order chi connectivity index (χ1) is 12.5.